The van der Waals surface area contributed by atoms with E-state index in [0.717, 1.165) is 38.6 Å². The summed E-state index contributed by atoms with van der Waals surface area (Å²) in [5.74, 6) is 0.0551. The van der Waals surface area contributed by atoms with Gasteiger partial charge in [-0.15, -0.1) is 0 Å². The molecule has 4 nitrogen and oxygen atoms in total. The van der Waals surface area contributed by atoms with Gasteiger partial charge < -0.3 is 14.7 Å². The van der Waals surface area contributed by atoms with Crippen LogP contribution in [0.25, 0.3) is 0 Å². The number of amides is 1. The van der Waals surface area contributed by atoms with Crippen molar-refractivity contribution in [3.05, 3.63) is 0 Å². The smallest absolute Gasteiger partial charge is 0.251 e. The minimum absolute atomic E-state index is 0.0279. The highest BCUT2D eigenvalue weighted by Gasteiger charge is 2.31. The molecular weight excluding hydrogens is 218 g/mol. The van der Waals surface area contributed by atoms with Gasteiger partial charge in [-0.2, -0.15) is 0 Å². The summed E-state index contributed by atoms with van der Waals surface area (Å²) in [5, 5.41) is 9.00. The van der Waals surface area contributed by atoms with Crippen molar-refractivity contribution in [2.45, 2.75) is 58.2 Å². The molecule has 17 heavy (non-hydrogen) atoms. The van der Waals surface area contributed by atoms with Crippen LogP contribution in [-0.2, 0) is 9.53 Å². The minimum Gasteiger partial charge on any atom is -0.395 e. The summed E-state index contributed by atoms with van der Waals surface area (Å²) >= 11 is 0. The molecule has 100 valence electrons. The molecule has 0 aromatic rings. The van der Waals surface area contributed by atoms with Crippen LogP contribution in [0.2, 0.25) is 0 Å². The fourth-order valence-corrected chi connectivity index (χ4v) is 2.19. The Kier molecular flexibility index (Phi) is 6.52. The van der Waals surface area contributed by atoms with E-state index >= 15 is 0 Å². The highest BCUT2D eigenvalue weighted by molar-refractivity contribution is 5.81. The van der Waals surface area contributed by atoms with Crippen molar-refractivity contribution in [1.29, 1.82) is 0 Å². The number of unbranched alkanes of at least 4 members (excludes halogenated alkanes) is 2. The molecule has 0 aliphatic carbocycles. The van der Waals surface area contributed by atoms with Gasteiger partial charge in [0.05, 0.1) is 12.7 Å². The van der Waals surface area contributed by atoms with E-state index in [4.69, 9.17) is 9.84 Å². The van der Waals surface area contributed by atoms with Crippen LogP contribution in [0.1, 0.15) is 46.0 Å². The number of aliphatic hydroxyl groups excluding tert-OH is 1. The first kappa shape index (κ1) is 14.5. The lowest BCUT2D eigenvalue weighted by molar-refractivity contribution is -0.143. The first-order chi connectivity index (χ1) is 8.19. The van der Waals surface area contributed by atoms with Gasteiger partial charge in [0.1, 0.15) is 6.10 Å². The molecule has 0 aromatic heterocycles. The lowest BCUT2D eigenvalue weighted by atomic mass is 10.1. The van der Waals surface area contributed by atoms with Gasteiger partial charge in [0.25, 0.3) is 5.91 Å². The summed E-state index contributed by atoms with van der Waals surface area (Å²) in [6.45, 7) is 5.33. The summed E-state index contributed by atoms with van der Waals surface area (Å²) in [6, 6.07) is 0. The van der Waals surface area contributed by atoms with Gasteiger partial charge in [-0.25, -0.2) is 0 Å². The molecule has 4 heteroatoms. The number of hydrogen-bond acceptors (Lipinski definition) is 3. The van der Waals surface area contributed by atoms with Crippen LogP contribution in [-0.4, -0.2) is 47.8 Å². The predicted octanol–water partition coefficient (Wildman–Crippen LogP) is 1.56. The Balaban J connectivity index is 2.42. The van der Waals surface area contributed by atoms with Crippen molar-refractivity contribution < 1.29 is 14.6 Å². The average molecular weight is 243 g/mol. The molecule has 0 bridgehead atoms. The first-order valence-electron chi connectivity index (χ1n) is 6.74. The van der Waals surface area contributed by atoms with Crippen molar-refractivity contribution in [3.8, 4) is 0 Å². The molecule has 0 aromatic carbocycles. The summed E-state index contributed by atoms with van der Waals surface area (Å²) in [4.78, 5) is 13.9. The molecule has 1 saturated heterocycles. The van der Waals surface area contributed by atoms with Crippen molar-refractivity contribution in [3.63, 3.8) is 0 Å². The standard InChI is InChI=1S/C13H25NO3/c1-3-4-5-8-14(9-10-15)13(16)12-7-6-11(2)17-12/h11-12,15H,3-10H2,1-2H3. The van der Waals surface area contributed by atoms with Crippen LogP contribution >= 0.6 is 0 Å². The van der Waals surface area contributed by atoms with Crippen LogP contribution in [0, 0.1) is 0 Å². The fraction of sp³-hybridized carbons (Fsp3) is 0.923. The second-order valence-electron chi connectivity index (χ2n) is 4.77. The maximum absolute atomic E-state index is 12.2. The third kappa shape index (κ3) is 4.64. The average Bonchev–Trinajstić information content (AvgIpc) is 2.74. The van der Waals surface area contributed by atoms with Gasteiger partial charge in [-0.05, 0) is 26.2 Å². The van der Waals surface area contributed by atoms with E-state index in [1.807, 2.05) is 6.92 Å². The van der Waals surface area contributed by atoms with E-state index in [9.17, 15) is 4.79 Å². The normalized spacial score (nSPS) is 23.9. The molecule has 1 aliphatic rings. The van der Waals surface area contributed by atoms with E-state index in [0.29, 0.717) is 6.54 Å². The van der Waals surface area contributed by atoms with Gasteiger partial charge >= 0.3 is 0 Å². The molecular formula is C13H25NO3. The van der Waals surface area contributed by atoms with E-state index < -0.39 is 0 Å². The van der Waals surface area contributed by atoms with E-state index in [2.05, 4.69) is 6.92 Å². The van der Waals surface area contributed by atoms with Gasteiger partial charge in [0, 0.05) is 13.1 Å². The third-order valence-corrected chi connectivity index (χ3v) is 3.22. The van der Waals surface area contributed by atoms with E-state index in [-0.39, 0.29) is 24.7 Å². The Hall–Kier alpha value is -0.610. The van der Waals surface area contributed by atoms with Crippen molar-refractivity contribution >= 4 is 5.91 Å². The number of hydrogen-bond donors (Lipinski definition) is 1. The number of carbonyl (C=O) groups excluding carboxylic acids is 1. The zero-order valence-electron chi connectivity index (χ0n) is 11.0. The highest BCUT2D eigenvalue weighted by Crippen LogP contribution is 2.21. The summed E-state index contributed by atoms with van der Waals surface area (Å²) < 4.78 is 5.58. The van der Waals surface area contributed by atoms with Crippen molar-refractivity contribution in [2.24, 2.45) is 0 Å². The van der Waals surface area contributed by atoms with Gasteiger partial charge in [0.15, 0.2) is 0 Å². The first-order valence-corrected chi connectivity index (χ1v) is 6.74. The van der Waals surface area contributed by atoms with Crippen LogP contribution in [0.4, 0.5) is 0 Å². The Morgan fingerprint density at radius 2 is 2.12 bits per heavy atom. The number of aliphatic hydroxyl groups is 1. The van der Waals surface area contributed by atoms with Gasteiger partial charge in [-0.1, -0.05) is 19.8 Å². The van der Waals surface area contributed by atoms with Crippen LogP contribution in [0.15, 0.2) is 0 Å². The lowest BCUT2D eigenvalue weighted by Gasteiger charge is -2.24. The maximum Gasteiger partial charge on any atom is 0.251 e. The van der Waals surface area contributed by atoms with Crippen molar-refractivity contribution in [1.82, 2.24) is 4.90 Å². The van der Waals surface area contributed by atoms with E-state index in [1.165, 1.54) is 0 Å². The predicted molar refractivity (Wildman–Crippen MR) is 66.8 cm³/mol. The number of ether oxygens (including phenoxy) is 1. The molecule has 1 rings (SSSR count). The molecule has 0 spiro atoms. The van der Waals surface area contributed by atoms with Crippen LogP contribution in [0.3, 0.4) is 0 Å². The Morgan fingerprint density at radius 1 is 1.35 bits per heavy atom. The quantitative estimate of drug-likeness (QED) is 0.690. The molecule has 1 aliphatic heterocycles. The second-order valence-corrected chi connectivity index (χ2v) is 4.77. The van der Waals surface area contributed by atoms with Gasteiger partial charge in [0.2, 0.25) is 0 Å². The number of rotatable bonds is 7. The third-order valence-electron chi connectivity index (χ3n) is 3.22. The maximum atomic E-state index is 12.2. The number of carbonyl (C=O) groups is 1. The molecule has 1 fully saturated rings. The zero-order chi connectivity index (χ0) is 12.7. The highest BCUT2D eigenvalue weighted by atomic mass is 16.5. The Labute approximate surface area is 104 Å². The largest absolute Gasteiger partial charge is 0.395 e. The fourth-order valence-electron chi connectivity index (χ4n) is 2.19. The summed E-state index contributed by atoms with van der Waals surface area (Å²) in [6.07, 6.45) is 4.95. The summed E-state index contributed by atoms with van der Waals surface area (Å²) in [5.41, 5.74) is 0. The molecule has 1 amide bonds. The Morgan fingerprint density at radius 3 is 2.65 bits per heavy atom. The van der Waals surface area contributed by atoms with Crippen molar-refractivity contribution in [2.75, 3.05) is 19.7 Å². The molecule has 0 saturated carbocycles. The van der Waals surface area contributed by atoms with Crippen LogP contribution in [0.5, 0.6) is 0 Å². The minimum atomic E-state index is -0.279. The number of nitrogens with zero attached hydrogens (tertiary/aromatic N) is 1. The zero-order valence-corrected chi connectivity index (χ0v) is 11.0. The topological polar surface area (TPSA) is 49.8 Å². The monoisotopic (exact) mass is 243 g/mol. The molecule has 1 heterocycles. The molecule has 0 radical (unpaired) electrons. The molecule has 1 N–H and O–H groups in total. The molecule has 2 unspecified atom stereocenters. The second kappa shape index (κ2) is 7.67. The lowest BCUT2D eigenvalue weighted by Crippen LogP contribution is -2.41. The van der Waals surface area contributed by atoms with Gasteiger partial charge in [-0.3, -0.25) is 4.79 Å². The SMILES string of the molecule is CCCCCN(CCO)C(=O)C1CCC(C)O1. The van der Waals surface area contributed by atoms with Crippen LogP contribution < -0.4 is 0 Å². The Bertz CT molecular complexity index is 233. The molecule has 2 atom stereocenters. The van der Waals surface area contributed by atoms with E-state index in [1.54, 1.807) is 4.90 Å². The summed E-state index contributed by atoms with van der Waals surface area (Å²) in [7, 11) is 0.